The molecule has 1 aromatic rings. The van der Waals surface area contributed by atoms with E-state index in [0.717, 1.165) is 0 Å². The standard InChI is InChI=1S/C11H17NS/c1-11(2,3)9-5-7-10(8-6-9)13-12-4/h5-8,12H,1-4H3. The van der Waals surface area contributed by atoms with Crippen molar-refractivity contribution in [3.05, 3.63) is 29.8 Å². The van der Waals surface area contributed by atoms with E-state index in [1.807, 2.05) is 7.05 Å². The summed E-state index contributed by atoms with van der Waals surface area (Å²) >= 11 is 1.64. The van der Waals surface area contributed by atoms with Gasteiger partial charge in [-0.15, -0.1) is 0 Å². The maximum atomic E-state index is 3.06. The third-order valence-corrected chi connectivity index (χ3v) is 2.65. The maximum Gasteiger partial charge on any atom is 0.0228 e. The van der Waals surface area contributed by atoms with Crippen molar-refractivity contribution < 1.29 is 0 Å². The normalized spacial score (nSPS) is 11.7. The smallest absolute Gasteiger partial charge is 0.0228 e. The molecule has 0 fully saturated rings. The first-order valence-electron chi connectivity index (χ1n) is 4.48. The Morgan fingerprint density at radius 2 is 1.62 bits per heavy atom. The lowest BCUT2D eigenvalue weighted by molar-refractivity contribution is 0.590. The van der Waals surface area contributed by atoms with Crippen LogP contribution in [0.2, 0.25) is 0 Å². The molecule has 0 aliphatic heterocycles. The second-order valence-electron chi connectivity index (χ2n) is 4.08. The molecule has 13 heavy (non-hydrogen) atoms. The van der Waals surface area contributed by atoms with Crippen molar-refractivity contribution in [3.8, 4) is 0 Å². The molecule has 0 bridgehead atoms. The van der Waals surface area contributed by atoms with Crippen molar-refractivity contribution in [1.29, 1.82) is 0 Å². The number of hydrogen-bond acceptors (Lipinski definition) is 2. The van der Waals surface area contributed by atoms with Gasteiger partial charge in [-0.05, 0) is 42.1 Å². The largest absolute Gasteiger partial charge is 0.263 e. The first-order chi connectivity index (χ1) is 6.04. The minimum Gasteiger partial charge on any atom is -0.263 e. The second-order valence-corrected chi connectivity index (χ2v) is 5.16. The van der Waals surface area contributed by atoms with Gasteiger partial charge in [0.2, 0.25) is 0 Å². The summed E-state index contributed by atoms with van der Waals surface area (Å²) < 4.78 is 3.06. The van der Waals surface area contributed by atoms with Crippen LogP contribution in [0.4, 0.5) is 0 Å². The van der Waals surface area contributed by atoms with Crippen LogP contribution in [0.1, 0.15) is 26.3 Å². The zero-order valence-electron chi connectivity index (χ0n) is 8.72. The van der Waals surface area contributed by atoms with Crippen molar-refractivity contribution in [2.24, 2.45) is 0 Å². The Kier molecular flexibility index (Phi) is 3.40. The van der Waals surface area contributed by atoms with E-state index in [0.29, 0.717) is 0 Å². The average molecular weight is 195 g/mol. The molecular weight excluding hydrogens is 178 g/mol. The summed E-state index contributed by atoms with van der Waals surface area (Å²) in [6.45, 7) is 6.69. The maximum absolute atomic E-state index is 3.06. The van der Waals surface area contributed by atoms with Gasteiger partial charge in [0.05, 0.1) is 0 Å². The van der Waals surface area contributed by atoms with Crippen molar-refractivity contribution >= 4 is 11.9 Å². The summed E-state index contributed by atoms with van der Waals surface area (Å²) in [6, 6.07) is 8.70. The zero-order chi connectivity index (χ0) is 9.90. The summed E-state index contributed by atoms with van der Waals surface area (Å²) in [7, 11) is 1.93. The number of hydrogen-bond donors (Lipinski definition) is 1. The Labute approximate surface area is 85.1 Å². The molecule has 0 aromatic heterocycles. The highest BCUT2D eigenvalue weighted by Gasteiger charge is 2.12. The van der Waals surface area contributed by atoms with Gasteiger partial charge in [0.1, 0.15) is 0 Å². The topological polar surface area (TPSA) is 12.0 Å². The molecule has 2 heteroatoms. The van der Waals surface area contributed by atoms with Gasteiger partial charge in [0, 0.05) is 4.90 Å². The molecule has 0 aliphatic rings. The van der Waals surface area contributed by atoms with Crippen molar-refractivity contribution in [3.63, 3.8) is 0 Å². The van der Waals surface area contributed by atoms with E-state index in [-0.39, 0.29) is 5.41 Å². The van der Waals surface area contributed by atoms with Gasteiger partial charge >= 0.3 is 0 Å². The molecule has 0 heterocycles. The molecule has 0 radical (unpaired) electrons. The zero-order valence-corrected chi connectivity index (χ0v) is 9.53. The molecule has 1 nitrogen and oxygen atoms in total. The van der Waals surface area contributed by atoms with Crippen molar-refractivity contribution in [2.45, 2.75) is 31.1 Å². The lowest BCUT2D eigenvalue weighted by atomic mass is 9.87. The van der Waals surface area contributed by atoms with Gasteiger partial charge in [-0.3, -0.25) is 4.72 Å². The summed E-state index contributed by atoms with van der Waals surface area (Å²) in [5.74, 6) is 0. The van der Waals surface area contributed by atoms with Crippen LogP contribution in [0.15, 0.2) is 29.2 Å². The Bertz CT molecular complexity index is 258. The van der Waals surface area contributed by atoms with Crippen LogP contribution in [0.3, 0.4) is 0 Å². The van der Waals surface area contributed by atoms with Crippen LogP contribution >= 0.6 is 11.9 Å². The Morgan fingerprint density at radius 3 is 2.00 bits per heavy atom. The van der Waals surface area contributed by atoms with Crippen molar-refractivity contribution in [1.82, 2.24) is 4.72 Å². The van der Waals surface area contributed by atoms with E-state index >= 15 is 0 Å². The van der Waals surface area contributed by atoms with Gasteiger partial charge < -0.3 is 0 Å². The Balaban J connectivity index is 2.81. The summed E-state index contributed by atoms with van der Waals surface area (Å²) in [4.78, 5) is 1.26. The minimum atomic E-state index is 0.253. The first-order valence-corrected chi connectivity index (χ1v) is 5.30. The fourth-order valence-corrected chi connectivity index (χ4v) is 1.65. The molecule has 0 saturated carbocycles. The van der Waals surface area contributed by atoms with E-state index in [1.165, 1.54) is 10.5 Å². The predicted octanol–water partition coefficient (Wildman–Crippen LogP) is 3.21. The first kappa shape index (κ1) is 10.6. The second kappa shape index (κ2) is 4.16. The third-order valence-electron chi connectivity index (χ3n) is 1.94. The number of rotatable bonds is 2. The number of benzene rings is 1. The van der Waals surface area contributed by atoms with E-state index in [4.69, 9.17) is 0 Å². The van der Waals surface area contributed by atoms with E-state index in [1.54, 1.807) is 11.9 Å². The van der Waals surface area contributed by atoms with Crippen LogP contribution < -0.4 is 4.72 Å². The van der Waals surface area contributed by atoms with Gasteiger partial charge in [-0.25, -0.2) is 0 Å². The van der Waals surface area contributed by atoms with Gasteiger partial charge in [0.15, 0.2) is 0 Å². The number of nitrogens with one attached hydrogen (secondary N) is 1. The highest BCUT2D eigenvalue weighted by molar-refractivity contribution is 7.97. The van der Waals surface area contributed by atoms with Crippen LogP contribution in [-0.4, -0.2) is 7.05 Å². The Morgan fingerprint density at radius 1 is 1.08 bits per heavy atom. The molecule has 72 valence electrons. The molecule has 0 atom stereocenters. The van der Waals surface area contributed by atoms with Crippen LogP contribution in [-0.2, 0) is 5.41 Å². The predicted molar refractivity (Wildman–Crippen MR) is 60.1 cm³/mol. The van der Waals surface area contributed by atoms with Gasteiger partial charge in [0.25, 0.3) is 0 Å². The Hall–Kier alpha value is -0.470. The van der Waals surface area contributed by atoms with Crippen LogP contribution in [0.25, 0.3) is 0 Å². The molecule has 0 saturated heterocycles. The summed E-state index contributed by atoms with van der Waals surface area (Å²) in [6.07, 6.45) is 0. The highest BCUT2D eigenvalue weighted by Crippen LogP contribution is 2.24. The lowest BCUT2D eigenvalue weighted by Crippen LogP contribution is -2.10. The van der Waals surface area contributed by atoms with Gasteiger partial charge in [-0.1, -0.05) is 32.9 Å². The molecule has 0 spiro atoms. The van der Waals surface area contributed by atoms with E-state index in [2.05, 4.69) is 49.8 Å². The molecule has 0 aliphatic carbocycles. The lowest BCUT2D eigenvalue weighted by Gasteiger charge is -2.18. The monoisotopic (exact) mass is 195 g/mol. The third kappa shape index (κ3) is 3.05. The van der Waals surface area contributed by atoms with Crippen molar-refractivity contribution in [2.75, 3.05) is 7.05 Å². The average Bonchev–Trinajstić information content (AvgIpc) is 2.04. The molecule has 1 aromatic carbocycles. The molecule has 0 amide bonds. The molecular formula is C11H17NS. The van der Waals surface area contributed by atoms with Crippen LogP contribution in [0.5, 0.6) is 0 Å². The summed E-state index contributed by atoms with van der Waals surface area (Å²) in [5.41, 5.74) is 1.64. The fraction of sp³-hybridized carbons (Fsp3) is 0.455. The van der Waals surface area contributed by atoms with Gasteiger partial charge in [-0.2, -0.15) is 0 Å². The highest BCUT2D eigenvalue weighted by atomic mass is 32.2. The summed E-state index contributed by atoms with van der Waals surface area (Å²) in [5, 5.41) is 0. The molecule has 1 N–H and O–H groups in total. The fourth-order valence-electron chi connectivity index (χ4n) is 1.14. The van der Waals surface area contributed by atoms with Crippen LogP contribution in [0, 0.1) is 0 Å². The van der Waals surface area contributed by atoms with E-state index in [9.17, 15) is 0 Å². The minimum absolute atomic E-state index is 0.253. The molecule has 1 rings (SSSR count). The SMILES string of the molecule is CNSc1ccc(C(C)(C)C)cc1. The van der Waals surface area contributed by atoms with E-state index < -0.39 is 0 Å². The quantitative estimate of drug-likeness (QED) is 0.727. The molecule has 0 unspecified atom stereocenters.